The summed E-state index contributed by atoms with van der Waals surface area (Å²) in [6.45, 7) is 5.39. The monoisotopic (exact) mass is 464 g/mol. The van der Waals surface area contributed by atoms with Crippen molar-refractivity contribution in [2.45, 2.75) is 44.4 Å². The van der Waals surface area contributed by atoms with Gasteiger partial charge in [0.15, 0.2) is 16.8 Å². The van der Waals surface area contributed by atoms with Crippen molar-refractivity contribution in [1.29, 1.82) is 0 Å². The van der Waals surface area contributed by atoms with Crippen LogP contribution in [0.4, 0.5) is 0 Å². The summed E-state index contributed by atoms with van der Waals surface area (Å²) in [6.07, 6.45) is 1.78. The first-order chi connectivity index (χ1) is 16.0. The molecule has 1 amide bonds. The number of hydrogen-bond acceptors (Lipinski definition) is 6. The largest absolute Gasteiger partial charge is 0.497 e. The highest BCUT2D eigenvalue weighted by atomic mass is 32.2. The molecule has 1 atom stereocenters. The van der Waals surface area contributed by atoms with Crippen LogP contribution in [0.1, 0.15) is 57.9 Å². The molecule has 1 saturated heterocycles. The number of carbonyl (C=O) groups is 2. The molecule has 33 heavy (non-hydrogen) atoms. The van der Waals surface area contributed by atoms with Gasteiger partial charge in [0.1, 0.15) is 5.75 Å². The van der Waals surface area contributed by atoms with Gasteiger partial charge in [0.05, 0.1) is 18.9 Å². The second-order valence-corrected chi connectivity index (χ2v) is 8.99. The number of ketones is 1. The number of aromatic nitrogens is 3. The van der Waals surface area contributed by atoms with E-state index in [4.69, 9.17) is 4.74 Å². The molecule has 1 unspecified atom stereocenters. The van der Waals surface area contributed by atoms with Gasteiger partial charge in [-0.25, -0.2) is 0 Å². The summed E-state index contributed by atoms with van der Waals surface area (Å²) in [7, 11) is 1.60. The SMILES string of the molecule is CCn1c(SCC(=O)c2ccc(OC)cc2)nnc1C1CCCN1C(=O)c1cccc(C)c1. The average molecular weight is 465 g/mol. The van der Waals surface area contributed by atoms with Gasteiger partial charge in [-0.15, -0.1) is 10.2 Å². The summed E-state index contributed by atoms with van der Waals surface area (Å²) >= 11 is 1.38. The zero-order chi connectivity index (χ0) is 23.4. The van der Waals surface area contributed by atoms with Gasteiger partial charge in [0.2, 0.25) is 0 Å². The van der Waals surface area contributed by atoms with E-state index in [1.54, 1.807) is 31.4 Å². The molecule has 172 valence electrons. The van der Waals surface area contributed by atoms with Crippen molar-refractivity contribution in [1.82, 2.24) is 19.7 Å². The fourth-order valence-corrected chi connectivity index (χ4v) is 5.07. The van der Waals surface area contributed by atoms with E-state index in [2.05, 4.69) is 10.2 Å². The maximum absolute atomic E-state index is 13.2. The summed E-state index contributed by atoms with van der Waals surface area (Å²) in [5, 5.41) is 9.53. The molecule has 0 radical (unpaired) electrons. The zero-order valence-electron chi connectivity index (χ0n) is 19.2. The summed E-state index contributed by atoms with van der Waals surface area (Å²) in [5.74, 6) is 1.81. The minimum absolute atomic E-state index is 0.0203. The number of amides is 1. The van der Waals surface area contributed by atoms with E-state index in [1.807, 2.05) is 47.6 Å². The van der Waals surface area contributed by atoms with E-state index in [0.717, 1.165) is 30.0 Å². The molecule has 0 N–H and O–H groups in total. The van der Waals surface area contributed by atoms with Crippen LogP contribution in [0.25, 0.3) is 0 Å². The number of benzene rings is 2. The molecule has 2 heterocycles. The number of thioether (sulfide) groups is 1. The lowest BCUT2D eigenvalue weighted by atomic mass is 10.1. The van der Waals surface area contributed by atoms with Crippen molar-refractivity contribution in [3.63, 3.8) is 0 Å². The number of hydrogen-bond donors (Lipinski definition) is 0. The van der Waals surface area contributed by atoms with Gasteiger partial charge in [0, 0.05) is 24.2 Å². The lowest BCUT2D eigenvalue weighted by Gasteiger charge is -2.24. The number of likely N-dealkylation sites (tertiary alicyclic amines) is 1. The predicted octanol–water partition coefficient (Wildman–Crippen LogP) is 4.57. The van der Waals surface area contributed by atoms with E-state index in [-0.39, 0.29) is 23.5 Å². The summed E-state index contributed by atoms with van der Waals surface area (Å²) in [5.41, 5.74) is 2.40. The molecular weight excluding hydrogens is 436 g/mol. The van der Waals surface area contributed by atoms with Crippen LogP contribution in [-0.2, 0) is 6.54 Å². The number of ether oxygens (including phenoxy) is 1. The molecule has 4 rings (SSSR count). The second kappa shape index (κ2) is 10.2. The van der Waals surface area contributed by atoms with Crippen LogP contribution in [0.5, 0.6) is 5.75 Å². The number of rotatable bonds is 8. The zero-order valence-corrected chi connectivity index (χ0v) is 20.0. The van der Waals surface area contributed by atoms with Gasteiger partial charge in [-0.3, -0.25) is 9.59 Å². The van der Waals surface area contributed by atoms with Gasteiger partial charge in [-0.05, 0) is 63.1 Å². The third kappa shape index (κ3) is 4.95. The number of methoxy groups -OCH3 is 1. The fourth-order valence-electron chi connectivity index (χ4n) is 4.16. The highest BCUT2D eigenvalue weighted by molar-refractivity contribution is 7.99. The van der Waals surface area contributed by atoms with Crippen LogP contribution < -0.4 is 4.74 Å². The smallest absolute Gasteiger partial charge is 0.254 e. The van der Waals surface area contributed by atoms with Gasteiger partial charge >= 0.3 is 0 Å². The Morgan fingerprint density at radius 3 is 2.61 bits per heavy atom. The van der Waals surface area contributed by atoms with Crippen LogP contribution in [0.15, 0.2) is 53.7 Å². The number of carbonyl (C=O) groups excluding carboxylic acids is 2. The Labute approximate surface area is 198 Å². The molecule has 0 saturated carbocycles. The molecule has 8 heteroatoms. The second-order valence-electron chi connectivity index (χ2n) is 8.05. The average Bonchev–Trinajstić information content (AvgIpc) is 3.48. The molecule has 0 aliphatic carbocycles. The maximum Gasteiger partial charge on any atom is 0.254 e. The predicted molar refractivity (Wildman–Crippen MR) is 128 cm³/mol. The third-order valence-corrected chi connectivity index (χ3v) is 6.85. The normalized spacial score (nSPS) is 15.6. The molecule has 1 fully saturated rings. The Morgan fingerprint density at radius 2 is 1.91 bits per heavy atom. The first kappa shape index (κ1) is 23.0. The van der Waals surface area contributed by atoms with E-state index < -0.39 is 0 Å². The van der Waals surface area contributed by atoms with E-state index in [1.165, 1.54) is 11.8 Å². The molecular formula is C25H28N4O3S. The number of Topliss-reactive ketones (excluding diaryl/α,β-unsaturated/α-hetero) is 1. The van der Waals surface area contributed by atoms with E-state index in [0.29, 0.717) is 29.4 Å². The molecule has 1 aromatic heterocycles. The van der Waals surface area contributed by atoms with Crippen LogP contribution in [0.3, 0.4) is 0 Å². The Morgan fingerprint density at radius 1 is 1.12 bits per heavy atom. The van der Waals surface area contributed by atoms with Gasteiger partial charge in [-0.1, -0.05) is 29.5 Å². The lowest BCUT2D eigenvalue weighted by molar-refractivity contribution is 0.0726. The molecule has 3 aromatic rings. The maximum atomic E-state index is 13.2. The summed E-state index contributed by atoms with van der Waals surface area (Å²) < 4.78 is 7.18. The molecule has 1 aliphatic rings. The quantitative estimate of drug-likeness (QED) is 0.359. The van der Waals surface area contributed by atoms with Crippen molar-refractivity contribution in [3.05, 3.63) is 71.0 Å². The van der Waals surface area contributed by atoms with Gasteiger partial charge < -0.3 is 14.2 Å². The van der Waals surface area contributed by atoms with Crippen molar-refractivity contribution in [2.75, 3.05) is 19.4 Å². The first-order valence-corrected chi connectivity index (χ1v) is 12.1. The highest BCUT2D eigenvalue weighted by Crippen LogP contribution is 2.34. The number of nitrogens with zero attached hydrogens (tertiary/aromatic N) is 4. The Hall–Kier alpha value is -3.13. The minimum atomic E-state index is -0.114. The van der Waals surface area contributed by atoms with Crippen molar-refractivity contribution < 1.29 is 14.3 Å². The topological polar surface area (TPSA) is 77.3 Å². The highest BCUT2D eigenvalue weighted by Gasteiger charge is 2.34. The fraction of sp³-hybridized carbons (Fsp3) is 0.360. The lowest BCUT2D eigenvalue weighted by Crippen LogP contribution is -2.32. The van der Waals surface area contributed by atoms with E-state index >= 15 is 0 Å². The van der Waals surface area contributed by atoms with Crippen molar-refractivity contribution in [2.24, 2.45) is 0 Å². The van der Waals surface area contributed by atoms with Crippen LogP contribution in [-0.4, -0.2) is 50.8 Å². The Kier molecular flexibility index (Phi) is 7.13. The molecule has 0 spiro atoms. The Balaban J connectivity index is 1.49. The van der Waals surface area contributed by atoms with Crippen molar-refractivity contribution in [3.8, 4) is 5.75 Å². The molecule has 7 nitrogen and oxygen atoms in total. The third-order valence-electron chi connectivity index (χ3n) is 5.88. The van der Waals surface area contributed by atoms with E-state index in [9.17, 15) is 9.59 Å². The summed E-state index contributed by atoms with van der Waals surface area (Å²) in [4.78, 5) is 27.8. The standard InChI is InChI=1S/C25H28N4O3S/c1-4-28-23(21-9-6-14-29(21)24(31)19-8-5-7-17(2)15-19)26-27-25(28)33-16-22(30)18-10-12-20(32-3)13-11-18/h5,7-8,10-13,15,21H,4,6,9,14,16H2,1-3H3. The molecule has 0 bridgehead atoms. The van der Waals surface area contributed by atoms with Crippen molar-refractivity contribution >= 4 is 23.5 Å². The van der Waals surface area contributed by atoms with Gasteiger partial charge in [0.25, 0.3) is 5.91 Å². The van der Waals surface area contributed by atoms with Crippen LogP contribution >= 0.6 is 11.8 Å². The van der Waals surface area contributed by atoms with Gasteiger partial charge in [-0.2, -0.15) is 0 Å². The number of aryl methyl sites for hydroxylation is 1. The van der Waals surface area contributed by atoms with Crippen LogP contribution in [0.2, 0.25) is 0 Å². The minimum Gasteiger partial charge on any atom is -0.497 e. The molecule has 1 aliphatic heterocycles. The van der Waals surface area contributed by atoms with Crippen LogP contribution in [0, 0.1) is 6.92 Å². The summed E-state index contributed by atoms with van der Waals surface area (Å²) in [6, 6.07) is 14.7. The Bertz CT molecular complexity index is 1140. The first-order valence-electron chi connectivity index (χ1n) is 11.1. The molecule has 2 aromatic carbocycles.